The van der Waals surface area contributed by atoms with Crippen molar-refractivity contribution in [1.29, 1.82) is 0 Å². The van der Waals surface area contributed by atoms with E-state index >= 15 is 0 Å². The highest BCUT2D eigenvalue weighted by Gasteiger charge is 2.18. The lowest BCUT2D eigenvalue weighted by Gasteiger charge is -2.09. The van der Waals surface area contributed by atoms with Gasteiger partial charge in [0.25, 0.3) is 0 Å². The maximum absolute atomic E-state index is 11.5. The summed E-state index contributed by atoms with van der Waals surface area (Å²) < 4.78 is 6.70. The monoisotopic (exact) mass is 293 g/mol. The van der Waals surface area contributed by atoms with Crippen molar-refractivity contribution in [3.63, 3.8) is 0 Å². The summed E-state index contributed by atoms with van der Waals surface area (Å²) in [5.41, 5.74) is 0.808. The van der Waals surface area contributed by atoms with Crippen LogP contribution < -0.4 is 10.1 Å². The first-order valence-electron chi connectivity index (χ1n) is 5.96. The fraction of sp³-hybridized carbons (Fsp3) is 0.333. The molecule has 0 fully saturated rings. The summed E-state index contributed by atoms with van der Waals surface area (Å²) in [6.07, 6.45) is 0. The Morgan fingerprint density at radius 2 is 2.10 bits per heavy atom. The predicted octanol–water partition coefficient (Wildman–Crippen LogP) is 0.897. The van der Waals surface area contributed by atoms with Crippen LogP contribution in [0.4, 0.5) is 0 Å². The molecule has 1 N–H and O–H groups in total. The fourth-order valence-electron chi connectivity index (χ4n) is 1.55. The van der Waals surface area contributed by atoms with Gasteiger partial charge in [0.1, 0.15) is 5.75 Å². The lowest BCUT2D eigenvalue weighted by Crippen LogP contribution is -2.27. The molecule has 1 amide bonds. The number of thioether (sulfide) groups is 1. The second kappa shape index (κ2) is 6.38. The van der Waals surface area contributed by atoms with Crippen LogP contribution in [0.1, 0.15) is 6.92 Å². The van der Waals surface area contributed by atoms with E-state index in [1.54, 1.807) is 25.8 Å². The van der Waals surface area contributed by atoms with Gasteiger partial charge in [-0.05, 0) is 41.6 Å². The highest BCUT2D eigenvalue weighted by molar-refractivity contribution is 8.00. The molecule has 2 rings (SSSR count). The highest BCUT2D eigenvalue weighted by atomic mass is 32.2. The van der Waals surface area contributed by atoms with Crippen LogP contribution in [0.3, 0.4) is 0 Å². The number of tetrazole rings is 1. The molecule has 1 heterocycles. The molecule has 1 atom stereocenters. The van der Waals surface area contributed by atoms with Crippen molar-refractivity contribution in [2.24, 2.45) is 0 Å². The van der Waals surface area contributed by atoms with Crippen molar-refractivity contribution in [3.05, 3.63) is 24.3 Å². The number of nitrogens with zero attached hydrogens (tertiary/aromatic N) is 4. The number of amides is 1. The number of aromatic nitrogens is 4. The fourth-order valence-corrected chi connectivity index (χ4v) is 2.42. The van der Waals surface area contributed by atoms with Crippen molar-refractivity contribution in [1.82, 2.24) is 25.5 Å². The zero-order valence-electron chi connectivity index (χ0n) is 11.4. The summed E-state index contributed by atoms with van der Waals surface area (Å²) in [5.74, 6) is 0.689. The standard InChI is InChI=1S/C12H15N5O2S/c1-8(11(18)13-2)20-12-14-15-16-17(12)9-4-6-10(19-3)7-5-9/h4-8H,1-3H3,(H,13,18)/t8-/m0/s1. The maximum atomic E-state index is 11.5. The number of nitrogens with one attached hydrogen (secondary N) is 1. The molecule has 7 nitrogen and oxygen atoms in total. The van der Waals surface area contributed by atoms with E-state index in [1.165, 1.54) is 11.8 Å². The van der Waals surface area contributed by atoms with Gasteiger partial charge >= 0.3 is 0 Å². The Balaban J connectivity index is 2.21. The molecule has 1 aromatic carbocycles. The Hall–Kier alpha value is -2.09. The van der Waals surface area contributed by atoms with Crippen molar-refractivity contribution in [2.75, 3.05) is 14.2 Å². The Kier molecular flexibility index (Phi) is 4.57. The smallest absolute Gasteiger partial charge is 0.233 e. The lowest BCUT2D eigenvalue weighted by atomic mass is 10.3. The molecule has 0 unspecified atom stereocenters. The van der Waals surface area contributed by atoms with Gasteiger partial charge in [-0.2, -0.15) is 4.68 Å². The molecular weight excluding hydrogens is 278 g/mol. The van der Waals surface area contributed by atoms with E-state index in [4.69, 9.17) is 4.74 Å². The van der Waals surface area contributed by atoms with Gasteiger partial charge in [0, 0.05) is 7.05 Å². The molecule has 0 radical (unpaired) electrons. The minimum absolute atomic E-state index is 0.0701. The quantitative estimate of drug-likeness (QED) is 0.825. The number of carbonyl (C=O) groups is 1. The predicted molar refractivity (Wildman–Crippen MR) is 75.1 cm³/mol. The molecule has 8 heteroatoms. The van der Waals surface area contributed by atoms with Gasteiger partial charge in [-0.25, -0.2) is 0 Å². The van der Waals surface area contributed by atoms with Crippen LogP contribution >= 0.6 is 11.8 Å². The molecule has 2 aromatic rings. The number of ether oxygens (including phenoxy) is 1. The third-order valence-corrected chi connectivity index (χ3v) is 3.69. The summed E-state index contributed by atoms with van der Waals surface area (Å²) in [7, 11) is 3.21. The van der Waals surface area contributed by atoms with E-state index in [1.807, 2.05) is 24.3 Å². The van der Waals surface area contributed by atoms with Crippen LogP contribution in [-0.2, 0) is 4.79 Å². The second-order valence-corrected chi connectivity index (χ2v) is 5.25. The largest absolute Gasteiger partial charge is 0.497 e. The summed E-state index contributed by atoms with van der Waals surface area (Å²) >= 11 is 1.30. The van der Waals surface area contributed by atoms with Crippen LogP contribution in [0.25, 0.3) is 5.69 Å². The number of hydrogen-bond donors (Lipinski definition) is 1. The first kappa shape index (κ1) is 14.3. The first-order valence-corrected chi connectivity index (χ1v) is 6.84. The Labute approximate surface area is 120 Å². The molecule has 0 saturated carbocycles. The topological polar surface area (TPSA) is 81.9 Å². The molecule has 106 valence electrons. The molecule has 20 heavy (non-hydrogen) atoms. The third-order valence-electron chi connectivity index (χ3n) is 2.66. The van der Waals surface area contributed by atoms with E-state index in [-0.39, 0.29) is 11.2 Å². The lowest BCUT2D eigenvalue weighted by molar-refractivity contribution is -0.119. The average Bonchev–Trinajstić information content (AvgIpc) is 2.94. The van der Waals surface area contributed by atoms with Gasteiger partial charge in [0.05, 0.1) is 18.0 Å². The zero-order chi connectivity index (χ0) is 14.5. The van der Waals surface area contributed by atoms with Crippen LogP contribution in [0.2, 0.25) is 0 Å². The van der Waals surface area contributed by atoms with Crippen LogP contribution in [0, 0.1) is 0 Å². The molecule has 0 spiro atoms. The molecule has 0 aliphatic heterocycles. The van der Waals surface area contributed by atoms with E-state index in [2.05, 4.69) is 20.8 Å². The highest BCUT2D eigenvalue weighted by Crippen LogP contribution is 2.23. The maximum Gasteiger partial charge on any atom is 0.233 e. The van der Waals surface area contributed by atoms with Gasteiger partial charge in [0.2, 0.25) is 11.1 Å². The Morgan fingerprint density at radius 1 is 1.40 bits per heavy atom. The average molecular weight is 293 g/mol. The Bertz CT molecular complexity index is 584. The first-order chi connectivity index (χ1) is 9.65. The van der Waals surface area contributed by atoms with Gasteiger partial charge < -0.3 is 10.1 Å². The summed E-state index contributed by atoms with van der Waals surface area (Å²) in [6, 6.07) is 7.36. The molecule has 0 bridgehead atoms. The van der Waals surface area contributed by atoms with Crippen molar-refractivity contribution < 1.29 is 9.53 Å². The molecule has 1 aromatic heterocycles. The van der Waals surface area contributed by atoms with E-state index in [0.717, 1.165) is 11.4 Å². The zero-order valence-corrected chi connectivity index (χ0v) is 12.2. The minimum Gasteiger partial charge on any atom is -0.497 e. The molecule has 0 aliphatic carbocycles. The number of hydrogen-bond acceptors (Lipinski definition) is 6. The van der Waals surface area contributed by atoms with E-state index < -0.39 is 0 Å². The van der Waals surface area contributed by atoms with Gasteiger partial charge in [-0.15, -0.1) is 5.10 Å². The van der Waals surface area contributed by atoms with Gasteiger partial charge in [-0.1, -0.05) is 11.8 Å². The van der Waals surface area contributed by atoms with Crippen LogP contribution in [-0.4, -0.2) is 45.5 Å². The number of benzene rings is 1. The Morgan fingerprint density at radius 3 is 2.70 bits per heavy atom. The molecule has 0 saturated heterocycles. The molecule has 0 aliphatic rings. The minimum atomic E-state index is -0.275. The van der Waals surface area contributed by atoms with Crippen molar-refractivity contribution in [3.8, 4) is 11.4 Å². The summed E-state index contributed by atoms with van der Waals surface area (Å²) in [5, 5.41) is 14.4. The summed E-state index contributed by atoms with van der Waals surface area (Å²) in [4.78, 5) is 11.5. The van der Waals surface area contributed by atoms with Crippen LogP contribution in [0.5, 0.6) is 5.75 Å². The summed E-state index contributed by atoms with van der Waals surface area (Å²) in [6.45, 7) is 1.80. The molecular formula is C12H15N5O2S. The van der Waals surface area contributed by atoms with Gasteiger partial charge in [-0.3, -0.25) is 4.79 Å². The van der Waals surface area contributed by atoms with Crippen molar-refractivity contribution in [2.45, 2.75) is 17.3 Å². The van der Waals surface area contributed by atoms with E-state index in [9.17, 15) is 4.79 Å². The van der Waals surface area contributed by atoms with Crippen LogP contribution in [0.15, 0.2) is 29.4 Å². The number of carbonyl (C=O) groups excluding carboxylic acids is 1. The normalized spacial score (nSPS) is 11.9. The SMILES string of the molecule is CNC(=O)[C@H](C)Sc1nnnn1-c1ccc(OC)cc1. The van der Waals surface area contributed by atoms with Crippen molar-refractivity contribution >= 4 is 17.7 Å². The second-order valence-electron chi connectivity index (χ2n) is 3.95. The van der Waals surface area contributed by atoms with E-state index in [0.29, 0.717) is 5.16 Å². The number of methoxy groups -OCH3 is 1. The van der Waals surface area contributed by atoms with Gasteiger partial charge in [0.15, 0.2) is 0 Å². The number of rotatable bonds is 5. The third kappa shape index (κ3) is 3.08.